The van der Waals surface area contributed by atoms with E-state index >= 15 is 0 Å². The van der Waals surface area contributed by atoms with Gasteiger partial charge < -0.3 is 11.1 Å². The Morgan fingerprint density at radius 2 is 2.14 bits per heavy atom. The van der Waals surface area contributed by atoms with Gasteiger partial charge in [-0.15, -0.1) is 36.2 Å². The molecule has 0 unspecified atom stereocenters. The van der Waals surface area contributed by atoms with Crippen molar-refractivity contribution >= 4 is 47.2 Å². The van der Waals surface area contributed by atoms with Gasteiger partial charge in [0.25, 0.3) is 0 Å². The van der Waals surface area contributed by atoms with E-state index in [0.29, 0.717) is 17.5 Å². The average Bonchev–Trinajstić information content (AvgIpc) is 2.78. The second-order valence-electron chi connectivity index (χ2n) is 5.73. The number of fused-ring (bicyclic) bond motifs is 1. The molecule has 2 rings (SSSR count). The van der Waals surface area contributed by atoms with Crippen molar-refractivity contribution in [3.05, 3.63) is 10.6 Å². The van der Waals surface area contributed by atoms with Crippen molar-refractivity contribution in [3.63, 3.8) is 0 Å². The highest BCUT2D eigenvalue weighted by molar-refractivity contribution is 7.15. The molecule has 0 aromatic carbocycles. The van der Waals surface area contributed by atoms with Gasteiger partial charge in [0.1, 0.15) is 0 Å². The van der Waals surface area contributed by atoms with Crippen LogP contribution in [0.15, 0.2) is 0 Å². The van der Waals surface area contributed by atoms with Gasteiger partial charge in [0.2, 0.25) is 5.91 Å². The van der Waals surface area contributed by atoms with Gasteiger partial charge in [-0.1, -0.05) is 20.8 Å². The first kappa shape index (κ1) is 21.6. The van der Waals surface area contributed by atoms with Crippen LogP contribution in [0.3, 0.4) is 0 Å². The summed E-state index contributed by atoms with van der Waals surface area (Å²) >= 11 is 1.58. The van der Waals surface area contributed by atoms with E-state index in [-0.39, 0.29) is 30.7 Å². The van der Waals surface area contributed by atoms with Crippen molar-refractivity contribution in [3.8, 4) is 0 Å². The van der Waals surface area contributed by atoms with Gasteiger partial charge >= 0.3 is 0 Å². The van der Waals surface area contributed by atoms with Gasteiger partial charge in [0, 0.05) is 24.4 Å². The summed E-state index contributed by atoms with van der Waals surface area (Å²) in [6, 6.07) is -0.455. The molecule has 0 saturated heterocycles. The molecule has 2 heterocycles. The molecule has 0 saturated carbocycles. The maximum atomic E-state index is 12.0. The van der Waals surface area contributed by atoms with E-state index in [0.717, 1.165) is 31.7 Å². The van der Waals surface area contributed by atoms with E-state index in [1.807, 2.05) is 0 Å². The topological polar surface area (TPSA) is 71.2 Å². The number of amides is 1. The maximum absolute atomic E-state index is 12.0. The van der Waals surface area contributed by atoms with Crippen LogP contribution in [-0.2, 0) is 17.8 Å². The Hall–Kier alpha value is -0.400. The number of nitrogens with zero attached hydrogens (tertiary/aromatic N) is 2. The van der Waals surface area contributed by atoms with Gasteiger partial charge in [-0.3, -0.25) is 9.69 Å². The number of hydrogen-bond donors (Lipinski definition) is 2. The lowest BCUT2D eigenvalue weighted by Crippen LogP contribution is -2.36. The summed E-state index contributed by atoms with van der Waals surface area (Å²) in [5.74, 6) is 0.288. The molecule has 0 radical (unpaired) electrons. The second kappa shape index (κ2) is 9.67. The van der Waals surface area contributed by atoms with Crippen LogP contribution in [0.5, 0.6) is 0 Å². The van der Waals surface area contributed by atoms with E-state index in [1.165, 1.54) is 4.88 Å². The van der Waals surface area contributed by atoms with Crippen molar-refractivity contribution in [1.82, 2.24) is 9.88 Å². The zero-order valence-electron chi connectivity index (χ0n) is 13.3. The Labute approximate surface area is 148 Å². The Kier molecular flexibility index (Phi) is 9.50. The predicted octanol–water partition coefficient (Wildman–Crippen LogP) is 2.68. The number of hydrogen-bond acceptors (Lipinski definition) is 5. The summed E-state index contributed by atoms with van der Waals surface area (Å²) in [5.41, 5.74) is 7.02. The van der Waals surface area contributed by atoms with Gasteiger partial charge in [-0.05, 0) is 18.9 Å². The molecule has 22 heavy (non-hydrogen) atoms. The van der Waals surface area contributed by atoms with Crippen LogP contribution in [0.4, 0.5) is 5.13 Å². The first-order valence-electron chi connectivity index (χ1n) is 7.27. The molecule has 0 spiro atoms. The fourth-order valence-electron chi connectivity index (χ4n) is 2.38. The highest BCUT2D eigenvalue weighted by Crippen LogP contribution is 2.28. The van der Waals surface area contributed by atoms with E-state index in [4.69, 9.17) is 5.73 Å². The van der Waals surface area contributed by atoms with Gasteiger partial charge in [0.15, 0.2) is 5.13 Å². The number of nitrogens with two attached hydrogens (primary N) is 1. The van der Waals surface area contributed by atoms with Gasteiger partial charge in [-0.2, -0.15) is 0 Å². The third-order valence-corrected chi connectivity index (χ3v) is 4.55. The van der Waals surface area contributed by atoms with E-state index < -0.39 is 6.04 Å². The van der Waals surface area contributed by atoms with Crippen LogP contribution >= 0.6 is 36.2 Å². The lowest BCUT2D eigenvalue weighted by Gasteiger charge is -2.23. The van der Waals surface area contributed by atoms with Crippen LogP contribution in [0.2, 0.25) is 0 Å². The highest BCUT2D eigenvalue weighted by Gasteiger charge is 2.22. The third-order valence-electron chi connectivity index (χ3n) is 3.55. The minimum Gasteiger partial charge on any atom is -0.320 e. The van der Waals surface area contributed by atoms with E-state index in [2.05, 4.69) is 36.0 Å². The fourth-order valence-corrected chi connectivity index (χ4v) is 3.44. The molecule has 128 valence electrons. The average molecular weight is 369 g/mol. The molecule has 8 heteroatoms. The summed E-state index contributed by atoms with van der Waals surface area (Å²) in [4.78, 5) is 20.2. The number of rotatable bonds is 5. The molecule has 5 nitrogen and oxygen atoms in total. The standard InChI is InChI=1S/C14H24N4OS.2ClH/c1-4-18-6-5-11-12(8-18)20-14(16-11)17-13(19)10(15)7-9(2)3;;/h9-10H,4-8,15H2,1-3H3,(H,16,17,19);2*1H/t10-;;/m0../s1. The molecule has 0 bridgehead atoms. The van der Waals surface area contributed by atoms with Crippen molar-refractivity contribution in [2.24, 2.45) is 11.7 Å². The molecule has 1 atom stereocenters. The highest BCUT2D eigenvalue weighted by atomic mass is 35.5. The molecule has 1 aliphatic heterocycles. The molecular weight excluding hydrogens is 343 g/mol. The number of likely N-dealkylation sites (N-methyl/N-ethyl adjacent to an activating group) is 1. The zero-order chi connectivity index (χ0) is 14.7. The number of anilines is 1. The number of nitrogens with one attached hydrogen (secondary N) is 1. The zero-order valence-corrected chi connectivity index (χ0v) is 15.7. The number of aromatic nitrogens is 1. The second-order valence-corrected chi connectivity index (χ2v) is 6.82. The van der Waals surface area contributed by atoms with Crippen LogP contribution < -0.4 is 11.1 Å². The van der Waals surface area contributed by atoms with E-state index in [9.17, 15) is 4.79 Å². The van der Waals surface area contributed by atoms with E-state index in [1.54, 1.807) is 11.3 Å². The lowest BCUT2D eigenvalue weighted by atomic mass is 10.0. The largest absolute Gasteiger partial charge is 0.320 e. The number of carbonyl (C=O) groups excluding carboxylic acids is 1. The number of carbonyl (C=O) groups is 1. The monoisotopic (exact) mass is 368 g/mol. The van der Waals surface area contributed by atoms with Crippen molar-refractivity contribution < 1.29 is 4.79 Å². The van der Waals surface area contributed by atoms with Gasteiger partial charge in [0.05, 0.1) is 11.7 Å². The van der Waals surface area contributed by atoms with Crippen molar-refractivity contribution in [2.75, 3.05) is 18.4 Å². The molecule has 3 N–H and O–H groups in total. The van der Waals surface area contributed by atoms with Crippen LogP contribution in [-0.4, -0.2) is 34.9 Å². The summed E-state index contributed by atoms with van der Waals surface area (Å²) in [6.45, 7) is 9.34. The molecule has 1 aromatic heterocycles. The third kappa shape index (κ3) is 5.66. The Morgan fingerprint density at radius 3 is 2.73 bits per heavy atom. The lowest BCUT2D eigenvalue weighted by molar-refractivity contribution is -0.117. The summed E-state index contributed by atoms with van der Waals surface area (Å²) in [7, 11) is 0. The number of thiazole rings is 1. The Morgan fingerprint density at radius 1 is 1.45 bits per heavy atom. The molecule has 1 aliphatic rings. The summed E-state index contributed by atoms with van der Waals surface area (Å²) in [6.07, 6.45) is 1.66. The minimum absolute atomic E-state index is 0. The maximum Gasteiger partial charge on any atom is 0.243 e. The number of halogens is 2. The summed E-state index contributed by atoms with van der Waals surface area (Å²) in [5, 5.41) is 3.55. The van der Waals surface area contributed by atoms with Gasteiger partial charge in [-0.25, -0.2) is 4.98 Å². The first-order chi connectivity index (χ1) is 9.49. The minimum atomic E-state index is -0.455. The SMILES string of the molecule is CCN1CCc2nc(NC(=O)[C@@H](N)CC(C)C)sc2C1.Cl.Cl. The summed E-state index contributed by atoms with van der Waals surface area (Å²) < 4.78 is 0. The normalized spacial score (nSPS) is 15.5. The van der Waals surface area contributed by atoms with Crippen molar-refractivity contribution in [1.29, 1.82) is 0 Å². The quantitative estimate of drug-likeness (QED) is 0.837. The Balaban J connectivity index is 0.00000220. The van der Waals surface area contributed by atoms with Crippen LogP contribution in [0.1, 0.15) is 37.8 Å². The fraction of sp³-hybridized carbons (Fsp3) is 0.714. The smallest absolute Gasteiger partial charge is 0.243 e. The first-order valence-corrected chi connectivity index (χ1v) is 8.08. The van der Waals surface area contributed by atoms with Crippen molar-refractivity contribution in [2.45, 2.75) is 46.2 Å². The Bertz CT molecular complexity index is 481. The molecule has 1 aromatic rings. The van der Waals surface area contributed by atoms with Crippen LogP contribution in [0.25, 0.3) is 0 Å². The molecule has 0 aliphatic carbocycles. The predicted molar refractivity (Wildman–Crippen MR) is 97.3 cm³/mol. The van der Waals surface area contributed by atoms with Crippen LogP contribution in [0, 0.1) is 5.92 Å². The molecular formula is C14H26Cl2N4OS. The molecule has 1 amide bonds. The molecule has 0 fully saturated rings.